The van der Waals surface area contributed by atoms with Crippen LogP contribution >= 0.6 is 0 Å². The van der Waals surface area contributed by atoms with Crippen LogP contribution in [0.1, 0.15) is 45.9 Å². The Morgan fingerprint density at radius 3 is 2.53 bits per heavy atom. The molecule has 3 rings (SSSR count). The van der Waals surface area contributed by atoms with E-state index in [-0.39, 0.29) is 18.2 Å². The molecule has 0 aliphatic heterocycles. The van der Waals surface area contributed by atoms with Gasteiger partial charge in [-0.25, -0.2) is 0 Å². The molecule has 0 aliphatic carbocycles. The summed E-state index contributed by atoms with van der Waals surface area (Å²) in [5, 5.41) is 0. The first-order chi connectivity index (χ1) is 14.6. The van der Waals surface area contributed by atoms with Gasteiger partial charge in [0.2, 0.25) is 0 Å². The lowest BCUT2D eigenvalue weighted by Gasteiger charge is -2.18. The molecule has 1 unspecified atom stereocenters. The first-order valence-electron chi connectivity index (χ1n) is 9.88. The number of ether oxygens (including phenoxy) is 2. The van der Waals surface area contributed by atoms with Gasteiger partial charge in [-0.1, -0.05) is 42.5 Å². The summed E-state index contributed by atoms with van der Waals surface area (Å²) in [6, 6.07) is 20.5. The molecule has 1 heterocycles. The van der Waals surface area contributed by atoms with Crippen molar-refractivity contribution in [1.29, 1.82) is 0 Å². The number of rotatable bonds is 9. The van der Waals surface area contributed by atoms with Gasteiger partial charge in [-0.3, -0.25) is 14.6 Å². The smallest absolute Gasteiger partial charge is 0.305 e. The van der Waals surface area contributed by atoms with E-state index in [9.17, 15) is 9.59 Å². The van der Waals surface area contributed by atoms with Crippen molar-refractivity contribution in [2.45, 2.75) is 32.3 Å². The molecule has 1 atom stereocenters. The number of nitrogens with zero attached hydrogens (tertiary/aromatic N) is 1. The third-order valence-electron chi connectivity index (χ3n) is 4.98. The summed E-state index contributed by atoms with van der Waals surface area (Å²) in [5.41, 5.74) is 3.30. The molecule has 1 aromatic heterocycles. The number of ketones is 1. The van der Waals surface area contributed by atoms with Crippen LogP contribution in [-0.4, -0.2) is 23.8 Å². The molecule has 3 aromatic rings. The van der Waals surface area contributed by atoms with E-state index in [1.807, 2.05) is 55.5 Å². The van der Waals surface area contributed by atoms with Crippen LogP contribution in [0.4, 0.5) is 0 Å². The summed E-state index contributed by atoms with van der Waals surface area (Å²) in [6.07, 6.45) is 2.28. The van der Waals surface area contributed by atoms with Gasteiger partial charge in [0.05, 0.1) is 12.8 Å². The van der Waals surface area contributed by atoms with Crippen molar-refractivity contribution in [3.8, 4) is 5.75 Å². The second-order valence-corrected chi connectivity index (χ2v) is 7.03. The second-order valence-electron chi connectivity index (χ2n) is 7.03. The summed E-state index contributed by atoms with van der Waals surface area (Å²) in [7, 11) is 1.36. The Hall–Kier alpha value is -3.47. The van der Waals surface area contributed by atoms with Crippen LogP contribution in [0.15, 0.2) is 72.9 Å². The van der Waals surface area contributed by atoms with Crippen LogP contribution in [0.5, 0.6) is 5.75 Å². The maximum Gasteiger partial charge on any atom is 0.305 e. The number of carbonyl (C=O) groups excluding carboxylic acids is 2. The zero-order valence-corrected chi connectivity index (χ0v) is 17.2. The first-order valence-corrected chi connectivity index (χ1v) is 9.88. The third kappa shape index (κ3) is 5.54. The molecule has 0 saturated carbocycles. The van der Waals surface area contributed by atoms with Gasteiger partial charge in [0.1, 0.15) is 12.4 Å². The lowest BCUT2D eigenvalue weighted by Crippen LogP contribution is -2.16. The average Bonchev–Trinajstić information content (AvgIpc) is 2.79. The molecule has 5 heteroatoms. The van der Waals surface area contributed by atoms with Crippen LogP contribution in [0.3, 0.4) is 0 Å². The van der Waals surface area contributed by atoms with Gasteiger partial charge < -0.3 is 9.47 Å². The van der Waals surface area contributed by atoms with Gasteiger partial charge in [0.25, 0.3) is 0 Å². The van der Waals surface area contributed by atoms with Gasteiger partial charge in [-0.05, 0) is 48.7 Å². The number of hydrogen-bond donors (Lipinski definition) is 0. The van der Waals surface area contributed by atoms with E-state index in [0.717, 1.165) is 16.8 Å². The van der Waals surface area contributed by atoms with E-state index < -0.39 is 5.92 Å². The Labute approximate surface area is 176 Å². The van der Waals surface area contributed by atoms with Crippen LogP contribution < -0.4 is 4.74 Å². The first kappa shape index (κ1) is 21.2. The molecule has 0 fully saturated rings. The number of hydrogen-bond acceptors (Lipinski definition) is 5. The molecule has 0 bridgehead atoms. The highest BCUT2D eigenvalue weighted by molar-refractivity contribution is 6.01. The minimum Gasteiger partial charge on any atom is -0.487 e. The van der Waals surface area contributed by atoms with E-state index in [1.54, 1.807) is 24.4 Å². The van der Waals surface area contributed by atoms with Crippen molar-refractivity contribution in [3.05, 3.63) is 95.3 Å². The van der Waals surface area contributed by atoms with E-state index >= 15 is 0 Å². The van der Waals surface area contributed by atoms with Crippen molar-refractivity contribution in [2.75, 3.05) is 7.11 Å². The van der Waals surface area contributed by atoms with Crippen LogP contribution in [0, 0.1) is 6.92 Å². The van der Waals surface area contributed by atoms with Gasteiger partial charge in [-0.15, -0.1) is 0 Å². The van der Waals surface area contributed by atoms with Crippen LogP contribution in [0.2, 0.25) is 0 Å². The lowest BCUT2D eigenvalue weighted by molar-refractivity contribution is -0.140. The fourth-order valence-corrected chi connectivity index (χ4v) is 3.35. The van der Waals surface area contributed by atoms with Crippen molar-refractivity contribution in [1.82, 2.24) is 4.98 Å². The standard InChI is InChI=1S/C25H25NO4/c1-18-8-3-4-12-22(18)23(13-14-24(27)29-2)25(28)19-9-7-11-21(16-19)30-17-20-10-5-6-15-26-20/h3-12,15-16,23H,13-14,17H2,1-2H3. The van der Waals surface area contributed by atoms with Crippen molar-refractivity contribution < 1.29 is 19.1 Å². The number of carbonyl (C=O) groups is 2. The molecular formula is C25H25NO4. The molecule has 30 heavy (non-hydrogen) atoms. The van der Waals surface area contributed by atoms with Crippen LogP contribution in [-0.2, 0) is 16.1 Å². The minimum absolute atomic E-state index is 0.0449. The zero-order valence-electron chi connectivity index (χ0n) is 17.2. The predicted molar refractivity (Wildman–Crippen MR) is 115 cm³/mol. The molecule has 0 amide bonds. The molecule has 5 nitrogen and oxygen atoms in total. The molecule has 0 aliphatic rings. The topological polar surface area (TPSA) is 65.5 Å². The third-order valence-corrected chi connectivity index (χ3v) is 4.98. The van der Waals surface area contributed by atoms with Gasteiger partial charge in [0.15, 0.2) is 5.78 Å². The Morgan fingerprint density at radius 1 is 1.00 bits per heavy atom. The molecule has 0 spiro atoms. The summed E-state index contributed by atoms with van der Waals surface area (Å²) >= 11 is 0. The highest BCUT2D eigenvalue weighted by atomic mass is 16.5. The number of aromatic nitrogens is 1. The summed E-state index contributed by atoms with van der Waals surface area (Å²) in [5.74, 6) is -0.204. The Kier molecular flexibility index (Phi) is 7.33. The van der Waals surface area contributed by atoms with Gasteiger partial charge in [0, 0.05) is 24.1 Å². The maximum absolute atomic E-state index is 13.4. The SMILES string of the molecule is COC(=O)CCC(C(=O)c1cccc(OCc2ccccn2)c1)c1ccccc1C. The number of Topliss-reactive ketones (excluding diaryl/α,β-unsaturated/α-hetero) is 1. The average molecular weight is 403 g/mol. The Bertz CT molecular complexity index is 1000. The molecule has 2 aromatic carbocycles. The van der Waals surface area contributed by atoms with Gasteiger partial charge >= 0.3 is 5.97 Å². The van der Waals surface area contributed by atoms with E-state index in [1.165, 1.54) is 7.11 Å². The number of aryl methyl sites for hydroxylation is 1. The van der Waals surface area contributed by atoms with Crippen LogP contribution in [0.25, 0.3) is 0 Å². The highest BCUT2D eigenvalue weighted by Crippen LogP contribution is 2.29. The second kappa shape index (κ2) is 10.3. The van der Waals surface area contributed by atoms with Crippen molar-refractivity contribution >= 4 is 11.8 Å². The largest absolute Gasteiger partial charge is 0.487 e. The van der Waals surface area contributed by atoms with E-state index in [4.69, 9.17) is 9.47 Å². The minimum atomic E-state index is -0.434. The number of esters is 1. The summed E-state index contributed by atoms with van der Waals surface area (Å²) in [6.45, 7) is 2.29. The molecule has 0 N–H and O–H groups in total. The van der Waals surface area contributed by atoms with E-state index in [0.29, 0.717) is 24.3 Å². The van der Waals surface area contributed by atoms with Crippen molar-refractivity contribution in [2.24, 2.45) is 0 Å². The maximum atomic E-state index is 13.4. The Balaban J connectivity index is 1.81. The highest BCUT2D eigenvalue weighted by Gasteiger charge is 2.24. The number of benzene rings is 2. The van der Waals surface area contributed by atoms with E-state index in [2.05, 4.69) is 4.98 Å². The molecular weight excluding hydrogens is 378 g/mol. The fourth-order valence-electron chi connectivity index (χ4n) is 3.35. The zero-order chi connectivity index (χ0) is 21.3. The predicted octanol–water partition coefficient (Wildman–Crippen LogP) is 4.89. The lowest BCUT2D eigenvalue weighted by atomic mass is 9.85. The fraction of sp³-hybridized carbons (Fsp3) is 0.240. The summed E-state index contributed by atoms with van der Waals surface area (Å²) < 4.78 is 10.6. The van der Waals surface area contributed by atoms with Crippen molar-refractivity contribution in [3.63, 3.8) is 0 Å². The number of pyridine rings is 1. The number of methoxy groups -OCH3 is 1. The summed E-state index contributed by atoms with van der Waals surface area (Å²) in [4.78, 5) is 29.4. The Morgan fingerprint density at radius 2 is 1.80 bits per heavy atom. The normalized spacial score (nSPS) is 11.5. The quantitative estimate of drug-likeness (QED) is 0.376. The molecule has 0 saturated heterocycles. The molecule has 0 radical (unpaired) electrons. The van der Waals surface area contributed by atoms with Gasteiger partial charge in [-0.2, -0.15) is 0 Å². The molecule has 154 valence electrons. The monoisotopic (exact) mass is 403 g/mol.